The summed E-state index contributed by atoms with van der Waals surface area (Å²) < 4.78 is 4.92. The van der Waals surface area contributed by atoms with Crippen molar-refractivity contribution in [3.8, 4) is 0 Å². The van der Waals surface area contributed by atoms with E-state index in [1.165, 1.54) is 4.90 Å². The largest absolute Gasteiger partial charge is 0.462 e. The van der Waals surface area contributed by atoms with Gasteiger partial charge in [0.15, 0.2) is 5.13 Å². The predicted octanol–water partition coefficient (Wildman–Crippen LogP) is 0.940. The van der Waals surface area contributed by atoms with E-state index in [0.717, 1.165) is 11.3 Å². The smallest absolute Gasteiger partial charge is 0.350 e. The molecule has 7 heteroatoms. The van der Waals surface area contributed by atoms with E-state index in [-0.39, 0.29) is 18.9 Å². The lowest BCUT2D eigenvalue weighted by Crippen LogP contribution is -2.27. The minimum atomic E-state index is -0.404. The van der Waals surface area contributed by atoms with E-state index in [2.05, 4.69) is 4.98 Å². The summed E-state index contributed by atoms with van der Waals surface area (Å²) in [6, 6.07) is 0. The first-order chi connectivity index (χ1) is 8.51. The van der Waals surface area contributed by atoms with Gasteiger partial charge < -0.3 is 10.5 Å². The molecule has 0 spiro atoms. The third-order valence-electron chi connectivity index (χ3n) is 2.27. The third-order valence-corrected chi connectivity index (χ3v) is 3.48. The van der Waals surface area contributed by atoms with Gasteiger partial charge in [-0.3, -0.25) is 9.69 Å². The summed E-state index contributed by atoms with van der Waals surface area (Å²) in [7, 11) is 1.62. The fraction of sp³-hybridized carbons (Fsp3) is 0.545. The number of hydrogen-bond acceptors (Lipinski definition) is 6. The maximum absolute atomic E-state index is 11.7. The second-order valence-corrected chi connectivity index (χ2v) is 4.60. The standard InChI is InChI=1S/C11H17N3O3S/c1-4-17-10(16)9-7(2)13-11(18-9)14(3)8(15)5-6-12/h4-6,12H2,1-3H3. The summed E-state index contributed by atoms with van der Waals surface area (Å²) in [4.78, 5) is 29.3. The highest BCUT2D eigenvalue weighted by Crippen LogP contribution is 2.26. The molecule has 0 saturated carbocycles. The highest BCUT2D eigenvalue weighted by atomic mass is 32.1. The predicted molar refractivity (Wildman–Crippen MR) is 69.9 cm³/mol. The number of esters is 1. The van der Waals surface area contributed by atoms with Crippen LogP contribution in [0.25, 0.3) is 0 Å². The van der Waals surface area contributed by atoms with Gasteiger partial charge in [0, 0.05) is 20.0 Å². The molecule has 0 aliphatic heterocycles. The summed E-state index contributed by atoms with van der Waals surface area (Å²) in [6.45, 7) is 4.06. The Hall–Kier alpha value is -1.47. The van der Waals surface area contributed by atoms with Gasteiger partial charge >= 0.3 is 5.97 Å². The molecule has 1 aromatic heterocycles. The Morgan fingerprint density at radius 2 is 2.17 bits per heavy atom. The average molecular weight is 271 g/mol. The Labute approximate surface area is 110 Å². The number of carbonyl (C=O) groups is 2. The van der Waals surface area contributed by atoms with Crippen LogP contribution in [0.2, 0.25) is 0 Å². The van der Waals surface area contributed by atoms with Crippen molar-refractivity contribution in [3.05, 3.63) is 10.6 Å². The van der Waals surface area contributed by atoms with Crippen molar-refractivity contribution in [2.24, 2.45) is 5.73 Å². The molecular weight excluding hydrogens is 254 g/mol. The van der Waals surface area contributed by atoms with Gasteiger partial charge in [0.1, 0.15) is 4.88 Å². The molecule has 0 aliphatic rings. The molecule has 0 aliphatic carbocycles. The number of amides is 1. The lowest BCUT2D eigenvalue weighted by atomic mass is 10.4. The van der Waals surface area contributed by atoms with Crippen LogP contribution < -0.4 is 10.6 Å². The number of aromatic nitrogens is 1. The molecule has 0 saturated heterocycles. The first-order valence-electron chi connectivity index (χ1n) is 5.62. The lowest BCUT2D eigenvalue weighted by molar-refractivity contribution is -0.118. The number of thiazole rings is 1. The van der Waals surface area contributed by atoms with Crippen molar-refractivity contribution < 1.29 is 14.3 Å². The van der Waals surface area contributed by atoms with E-state index in [4.69, 9.17) is 10.5 Å². The average Bonchev–Trinajstić information content (AvgIpc) is 2.71. The van der Waals surface area contributed by atoms with Crippen molar-refractivity contribution in [2.45, 2.75) is 20.3 Å². The van der Waals surface area contributed by atoms with Gasteiger partial charge in [-0.15, -0.1) is 0 Å². The van der Waals surface area contributed by atoms with Crippen LogP contribution in [0.3, 0.4) is 0 Å². The van der Waals surface area contributed by atoms with Crippen LogP contribution in [-0.4, -0.2) is 37.1 Å². The van der Waals surface area contributed by atoms with Crippen LogP contribution in [0.5, 0.6) is 0 Å². The van der Waals surface area contributed by atoms with Crippen LogP contribution in [0.4, 0.5) is 5.13 Å². The molecule has 1 rings (SSSR count). The van der Waals surface area contributed by atoms with Gasteiger partial charge in [-0.05, 0) is 13.8 Å². The van der Waals surface area contributed by atoms with E-state index >= 15 is 0 Å². The molecule has 0 bridgehead atoms. The molecule has 0 unspecified atom stereocenters. The van der Waals surface area contributed by atoms with E-state index in [0.29, 0.717) is 22.3 Å². The summed E-state index contributed by atoms with van der Waals surface area (Å²) in [5.41, 5.74) is 5.90. The second-order valence-electron chi connectivity index (χ2n) is 3.62. The first-order valence-corrected chi connectivity index (χ1v) is 6.44. The maximum atomic E-state index is 11.7. The summed E-state index contributed by atoms with van der Waals surface area (Å²) >= 11 is 1.15. The molecular formula is C11H17N3O3S. The zero-order valence-electron chi connectivity index (χ0n) is 10.7. The highest BCUT2D eigenvalue weighted by molar-refractivity contribution is 7.17. The fourth-order valence-corrected chi connectivity index (χ4v) is 2.25. The number of ether oxygens (including phenoxy) is 1. The lowest BCUT2D eigenvalue weighted by Gasteiger charge is -2.12. The Morgan fingerprint density at radius 3 is 2.72 bits per heavy atom. The SMILES string of the molecule is CCOC(=O)c1sc(N(C)C(=O)CCN)nc1C. The van der Waals surface area contributed by atoms with Crippen molar-refractivity contribution in [3.63, 3.8) is 0 Å². The highest BCUT2D eigenvalue weighted by Gasteiger charge is 2.20. The van der Waals surface area contributed by atoms with E-state index in [1.54, 1.807) is 20.9 Å². The number of hydrogen-bond donors (Lipinski definition) is 1. The van der Waals surface area contributed by atoms with Gasteiger partial charge in [-0.2, -0.15) is 0 Å². The first kappa shape index (κ1) is 14.6. The molecule has 1 heterocycles. The zero-order chi connectivity index (χ0) is 13.7. The van der Waals surface area contributed by atoms with Crippen LogP contribution in [0, 0.1) is 6.92 Å². The molecule has 0 fully saturated rings. The van der Waals surface area contributed by atoms with Gasteiger partial charge in [0.25, 0.3) is 0 Å². The Kier molecular flexibility index (Phi) is 5.24. The van der Waals surface area contributed by atoms with Crippen molar-refractivity contribution in [1.29, 1.82) is 0 Å². The molecule has 100 valence electrons. The molecule has 6 nitrogen and oxygen atoms in total. The molecule has 18 heavy (non-hydrogen) atoms. The topological polar surface area (TPSA) is 85.5 Å². The summed E-state index contributed by atoms with van der Waals surface area (Å²) in [5, 5.41) is 0.481. The molecule has 1 aromatic rings. The van der Waals surface area contributed by atoms with Gasteiger partial charge in [-0.25, -0.2) is 9.78 Å². The quantitative estimate of drug-likeness (QED) is 0.805. The van der Waals surface area contributed by atoms with Gasteiger partial charge in [0.2, 0.25) is 5.91 Å². The minimum Gasteiger partial charge on any atom is -0.462 e. The van der Waals surface area contributed by atoms with Crippen molar-refractivity contribution in [2.75, 3.05) is 25.1 Å². The van der Waals surface area contributed by atoms with Crippen molar-refractivity contribution in [1.82, 2.24) is 4.98 Å². The minimum absolute atomic E-state index is 0.123. The maximum Gasteiger partial charge on any atom is 0.350 e. The number of nitrogens with zero attached hydrogens (tertiary/aromatic N) is 2. The van der Waals surface area contributed by atoms with Crippen LogP contribution in [0.15, 0.2) is 0 Å². The molecule has 0 atom stereocenters. The Bertz CT molecular complexity index is 445. The Balaban J connectivity index is 2.89. The normalized spacial score (nSPS) is 10.2. The van der Waals surface area contributed by atoms with E-state index in [1.807, 2.05) is 0 Å². The van der Waals surface area contributed by atoms with Gasteiger partial charge in [0.05, 0.1) is 12.3 Å². The number of aryl methyl sites for hydroxylation is 1. The van der Waals surface area contributed by atoms with E-state index in [9.17, 15) is 9.59 Å². The third kappa shape index (κ3) is 3.27. The Morgan fingerprint density at radius 1 is 1.50 bits per heavy atom. The molecule has 1 amide bonds. The van der Waals surface area contributed by atoms with Crippen LogP contribution in [-0.2, 0) is 9.53 Å². The van der Waals surface area contributed by atoms with E-state index < -0.39 is 5.97 Å². The second kappa shape index (κ2) is 6.46. The fourth-order valence-electron chi connectivity index (χ4n) is 1.31. The monoisotopic (exact) mass is 271 g/mol. The number of rotatable bonds is 5. The van der Waals surface area contributed by atoms with Crippen molar-refractivity contribution >= 4 is 28.3 Å². The zero-order valence-corrected chi connectivity index (χ0v) is 11.5. The van der Waals surface area contributed by atoms with Gasteiger partial charge in [-0.1, -0.05) is 11.3 Å². The summed E-state index contributed by atoms with van der Waals surface area (Å²) in [6.07, 6.45) is 0.254. The summed E-state index contributed by atoms with van der Waals surface area (Å²) in [5.74, 6) is -0.528. The molecule has 0 aromatic carbocycles. The molecule has 2 N–H and O–H groups in total. The number of nitrogens with two attached hydrogens (primary N) is 1. The van der Waals surface area contributed by atoms with Crippen LogP contribution >= 0.6 is 11.3 Å². The molecule has 0 radical (unpaired) electrons. The van der Waals surface area contributed by atoms with Crippen LogP contribution in [0.1, 0.15) is 28.7 Å². The number of anilines is 1. The number of carbonyl (C=O) groups excluding carboxylic acids is 2.